The van der Waals surface area contributed by atoms with Gasteiger partial charge in [-0.15, -0.1) is 0 Å². The highest BCUT2D eigenvalue weighted by atomic mass is 19.1. The molecule has 0 radical (unpaired) electrons. The number of carbonyl (C=O) groups excluding carboxylic acids is 2. The van der Waals surface area contributed by atoms with Crippen molar-refractivity contribution in [2.45, 2.75) is 19.4 Å². The molecule has 0 saturated carbocycles. The second-order valence-corrected chi connectivity index (χ2v) is 8.37. The van der Waals surface area contributed by atoms with E-state index in [0.717, 1.165) is 22.8 Å². The van der Waals surface area contributed by atoms with Crippen LogP contribution < -0.4 is 10.5 Å². The first-order valence-electron chi connectivity index (χ1n) is 11.2. The Kier molecular flexibility index (Phi) is 5.78. The van der Waals surface area contributed by atoms with Gasteiger partial charge in [0.2, 0.25) is 0 Å². The molecule has 5 aromatic rings. The maximum atomic E-state index is 14.3. The molecule has 3 aromatic carbocycles. The summed E-state index contributed by atoms with van der Waals surface area (Å²) in [5.74, 6) is -0.927. The van der Waals surface area contributed by atoms with Crippen LogP contribution in [0.5, 0.6) is 5.75 Å². The molecule has 2 aromatic heterocycles. The Balaban J connectivity index is 1.51. The molecule has 0 saturated heterocycles. The molecule has 0 aliphatic heterocycles. The molecule has 176 valence electrons. The van der Waals surface area contributed by atoms with Gasteiger partial charge in [-0.1, -0.05) is 18.2 Å². The Hall–Kier alpha value is -4.46. The molecule has 35 heavy (non-hydrogen) atoms. The molecule has 0 aliphatic carbocycles. The average molecular weight is 471 g/mol. The molecule has 7 nitrogen and oxygen atoms in total. The van der Waals surface area contributed by atoms with Gasteiger partial charge in [-0.3, -0.25) is 9.59 Å². The van der Waals surface area contributed by atoms with Crippen LogP contribution in [0.3, 0.4) is 0 Å². The molecule has 0 unspecified atom stereocenters. The van der Waals surface area contributed by atoms with Crippen LogP contribution in [0.1, 0.15) is 33.6 Å². The van der Waals surface area contributed by atoms with E-state index in [2.05, 4.69) is 9.97 Å². The van der Waals surface area contributed by atoms with Crippen LogP contribution in [-0.2, 0) is 6.54 Å². The van der Waals surface area contributed by atoms with Crippen LogP contribution in [-0.4, -0.2) is 33.3 Å². The van der Waals surface area contributed by atoms with Crippen molar-refractivity contribution in [3.05, 3.63) is 84.2 Å². The number of nitrogens with zero attached hydrogens (tertiary/aromatic N) is 2. The summed E-state index contributed by atoms with van der Waals surface area (Å²) in [6.07, 6.45) is 6.41. The van der Waals surface area contributed by atoms with Crippen LogP contribution in [0.2, 0.25) is 0 Å². The number of ketones is 1. The van der Waals surface area contributed by atoms with Crippen LogP contribution in [0.15, 0.2) is 67.3 Å². The van der Waals surface area contributed by atoms with Gasteiger partial charge in [0, 0.05) is 47.2 Å². The van der Waals surface area contributed by atoms with Crippen molar-refractivity contribution in [3.8, 4) is 16.9 Å². The maximum absolute atomic E-state index is 14.3. The molecule has 0 atom stereocenters. The summed E-state index contributed by atoms with van der Waals surface area (Å²) in [5, 5.41) is 1.61. The van der Waals surface area contributed by atoms with Crippen molar-refractivity contribution in [1.29, 1.82) is 0 Å². The van der Waals surface area contributed by atoms with Crippen molar-refractivity contribution < 1.29 is 18.7 Å². The highest BCUT2D eigenvalue weighted by molar-refractivity contribution is 6.17. The van der Waals surface area contributed by atoms with Gasteiger partial charge in [-0.05, 0) is 47.9 Å². The van der Waals surface area contributed by atoms with Crippen molar-refractivity contribution in [3.63, 3.8) is 0 Å². The number of nitrogens with two attached hydrogens (primary N) is 1. The normalized spacial score (nSPS) is 11.3. The number of ether oxygens (including phenoxy) is 1. The number of imidazole rings is 1. The number of halogens is 1. The van der Waals surface area contributed by atoms with Crippen LogP contribution in [0.25, 0.3) is 32.9 Å². The van der Waals surface area contributed by atoms with E-state index < -0.39 is 11.7 Å². The van der Waals surface area contributed by atoms with Crippen molar-refractivity contribution in [2.75, 3.05) is 7.11 Å². The van der Waals surface area contributed by atoms with E-state index >= 15 is 0 Å². The van der Waals surface area contributed by atoms with Gasteiger partial charge >= 0.3 is 0 Å². The number of rotatable bonds is 8. The van der Waals surface area contributed by atoms with Crippen molar-refractivity contribution in [1.82, 2.24) is 14.5 Å². The Labute approximate surface area is 200 Å². The highest BCUT2D eigenvalue weighted by Gasteiger charge is 2.17. The second-order valence-electron chi connectivity index (χ2n) is 8.37. The summed E-state index contributed by atoms with van der Waals surface area (Å²) in [5.41, 5.74) is 9.10. The van der Waals surface area contributed by atoms with Gasteiger partial charge in [-0.2, -0.15) is 0 Å². The van der Waals surface area contributed by atoms with Crippen molar-refractivity contribution in [2.24, 2.45) is 5.73 Å². The van der Waals surface area contributed by atoms with Gasteiger partial charge in [0.25, 0.3) is 5.91 Å². The second kappa shape index (κ2) is 9.06. The minimum Gasteiger partial charge on any atom is -0.494 e. The molecule has 8 heteroatoms. The van der Waals surface area contributed by atoms with E-state index in [4.69, 9.17) is 10.5 Å². The third-order valence-corrected chi connectivity index (χ3v) is 6.16. The molecule has 2 heterocycles. The number of H-pyrrole nitrogens is 1. The predicted molar refractivity (Wildman–Crippen MR) is 132 cm³/mol. The van der Waals surface area contributed by atoms with E-state index in [-0.39, 0.29) is 17.1 Å². The number of carbonyl (C=O) groups is 2. The first-order chi connectivity index (χ1) is 16.9. The zero-order valence-electron chi connectivity index (χ0n) is 19.0. The highest BCUT2D eigenvalue weighted by Crippen LogP contribution is 2.34. The topological polar surface area (TPSA) is 103 Å². The standard InChI is InChI=1S/C27H23FN4O3/c1-35-25-7-5-16(13-22(25)28)18-11-20-19-6-4-17(24(33)3-2-9-32-10-8-30-15-32)14-23(19)31-26(20)21(12-18)27(29)34/h4-8,10-15,31H,2-3,9H2,1H3,(H2,29,34). The van der Waals surface area contributed by atoms with Gasteiger partial charge in [0.05, 0.1) is 24.5 Å². The summed E-state index contributed by atoms with van der Waals surface area (Å²) in [4.78, 5) is 32.3. The Bertz CT molecular complexity index is 1570. The van der Waals surface area contributed by atoms with E-state index in [9.17, 15) is 14.0 Å². The van der Waals surface area contributed by atoms with Crippen LogP contribution in [0.4, 0.5) is 4.39 Å². The number of nitrogens with one attached hydrogen (secondary N) is 1. The number of fused-ring (bicyclic) bond motifs is 3. The van der Waals surface area contributed by atoms with E-state index in [1.807, 2.05) is 22.9 Å². The number of aromatic amines is 1. The molecular formula is C27H23FN4O3. The number of aromatic nitrogens is 3. The molecule has 0 bridgehead atoms. The lowest BCUT2D eigenvalue weighted by atomic mass is 9.98. The summed E-state index contributed by atoms with van der Waals surface area (Å²) in [7, 11) is 1.40. The number of hydrogen-bond acceptors (Lipinski definition) is 4. The number of primary amides is 1. The Morgan fingerprint density at radius 3 is 2.66 bits per heavy atom. The summed E-state index contributed by atoms with van der Waals surface area (Å²) < 4.78 is 21.3. The lowest BCUT2D eigenvalue weighted by Gasteiger charge is -2.08. The molecule has 1 amide bonds. The van der Waals surface area contributed by atoms with Crippen molar-refractivity contribution >= 4 is 33.5 Å². The number of aryl methyl sites for hydroxylation is 1. The summed E-state index contributed by atoms with van der Waals surface area (Å²) in [6, 6.07) is 13.6. The SMILES string of the molecule is COc1ccc(-c2cc(C(N)=O)c3[nH]c4cc(C(=O)CCCn5ccnc5)ccc4c3c2)cc1F. The fourth-order valence-electron chi connectivity index (χ4n) is 4.37. The Morgan fingerprint density at radius 2 is 1.94 bits per heavy atom. The number of Topliss-reactive ketones (excluding diaryl/α,β-unsaturated/α-hetero) is 1. The van der Waals surface area contributed by atoms with Crippen LogP contribution in [0, 0.1) is 5.82 Å². The fourth-order valence-corrected chi connectivity index (χ4v) is 4.37. The minimum absolute atomic E-state index is 0.0372. The first kappa shape index (κ1) is 22.3. The molecule has 3 N–H and O–H groups in total. The minimum atomic E-state index is -0.604. The van der Waals surface area contributed by atoms with E-state index in [0.29, 0.717) is 35.0 Å². The fraction of sp³-hybridized carbons (Fsp3) is 0.148. The lowest BCUT2D eigenvalue weighted by molar-refractivity contribution is 0.0976. The first-order valence-corrected chi connectivity index (χ1v) is 11.2. The lowest BCUT2D eigenvalue weighted by Crippen LogP contribution is -2.11. The average Bonchev–Trinajstić information content (AvgIpc) is 3.50. The number of hydrogen-bond donors (Lipinski definition) is 2. The Morgan fingerprint density at radius 1 is 1.09 bits per heavy atom. The summed E-state index contributed by atoms with van der Waals surface area (Å²) >= 11 is 0. The molecule has 0 aliphatic rings. The summed E-state index contributed by atoms with van der Waals surface area (Å²) in [6.45, 7) is 0.719. The molecule has 0 spiro atoms. The largest absolute Gasteiger partial charge is 0.494 e. The van der Waals surface area contributed by atoms with Gasteiger partial charge in [-0.25, -0.2) is 9.37 Å². The number of amides is 1. The number of methoxy groups -OCH3 is 1. The zero-order valence-corrected chi connectivity index (χ0v) is 19.0. The van der Waals surface area contributed by atoms with Gasteiger partial charge < -0.3 is 20.0 Å². The number of benzene rings is 3. The van der Waals surface area contributed by atoms with E-state index in [1.165, 1.54) is 13.2 Å². The molecule has 0 fully saturated rings. The smallest absolute Gasteiger partial charge is 0.250 e. The monoisotopic (exact) mass is 470 g/mol. The van der Waals surface area contributed by atoms with E-state index in [1.54, 1.807) is 42.9 Å². The third kappa shape index (κ3) is 4.26. The van der Waals surface area contributed by atoms with Crippen LogP contribution >= 0.6 is 0 Å². The zero-order chi connectivity index (χ0) is 24.5. The molecule has 5 rings (SSSR count). The third-order valence-electron chi connectivity index (χ3n) is 6.16. The van der Waals surface area contributed by atoms with Gasteiger partial charge in [0.1, 0.15) is 0 Å². The maximum Gasteiger partial charge on any atom is 0.250 e. The quantitative estimate of drug-likeness (QED) is 0.308. The predicted octanol–water partition coefficient (Wildman–Crippen LogP) is 5.09. The molecular weight excluding hydrogens is 447 g/mol. The van der Waals surface area contributed by atoms with Gasteiger partial charge in [0.15, 0.2) is 17.3 Å².